The largest absolute Gasteiger partial charge is 0.483 e. The van der Waals surface area contributed by atoms with Gasteiger partial charge in [-0.25, -0.2) is 4.39 Å². The fourth-order valence-corrected chi connectivity index (χ4v) is 3.95. The number of halogens is 1. The Labute approximate surface area is 167 Å². The van der Waals surface area contributed by atoms with Crippen LogP contribution in [0.3, 0.4) is 0 Å². The molecule has 1 spiro atoms. The van der Waals surface area contributed by atoms with E-state index in [2.05, 4.69) is 15.1 Å². The van der Waals surface area contributed by atoms with E-state index in [4.69, 9.17) is 14.6 Å². The number of benzene rings is 1. The maximum Gasteiger partial charge on any atom is 0.290 e. The van der Waals surface area contributed by atoms with Crippen molar-refractivity contribution in [3.8, 4) is 11.3 Å². The molecule has 158 valence electrons. The SMILES string of the molecule is O=CO.O[C@@H]1CC2(CCN(Cc3cn[nH]c3-c3ccc(F)cc3)CC2)OC[C@@H]1O. The van der Waals surface area contributed by atoms with Crippen LogP contribution in [0.1, 0.15) is 24.8 Å². The van der Waals surface area contributed by atoms with Crippen LogP contribution >= 0.6 is 0 Å². The van der Waals surface area contributed by atoms with Crippen molar-refractivity contribution in [3.05, 3.63) is 41.8 Å². The van der Waals surface area contributed by atoms with Gasteiger partial charge in [-0.1, -0.05) is 0 Å². The van der Waals surface area contributed by atoms with Gasteiger partial charge in [0.2, 0.25) is 0 Å². The fourth-order valence-electron chi connectivity index (χ4n) is 3.95. The second-order valence-electron chi connectivity index (χ2n) is 7.49. The number of piperidine rings is 1. The molecule has 0 bridgehead atoms. The summed E-state index contributed by atoms with van der Waals surface area (Å²) in [6.07, 6.45) is 2.51. The summed E-state index contributed by atoms with van der Waals surface area (Å²) in [6.45, 7) is 2.43. The van der Waals surface area contributed by atoms with Gasteiger partial charge in [-0.15, -0.1) is 0 Å². The van der Waals surface area contributed by atoms with Crippen LogP contribution in [-0.4, -0.2) is 74.4 Å². The molecular formula is C20H26FN3O5. The minimum absolute atomic E-state index is 0.206. The van der Waals surface area contributed by atoms with Crippen molar-refractivity contribution in [2.24, 2.45) is 0 Å². The average Bonchev–Trinajstić information content (AvgIpc) is 3.16. The molecule has 0 amide bonds. The van der Waals surface area contributed by atoms with Gasteiger partial charge in [0.05, 0.1) is 30.2 Å². The summed E-state index contributed by atoms with van der Waals surface area (Å²) in [5, 5.41) is 33.7. The van der Waals surface area contributed by atoms with E-state index in [0.29, 0.717) is 6.42 Å². The molecular weight excluding hydrogens is 381 g/mol. The second kappa shape index (κ2) is 9.45. The third-order valence-corrected chi connectivity index (χ3v) is 5.60. The second-order valence-corrected chi connectivity index (χ2v) is 7.49. The molecule has 8 nitrogen and oxygen atoms in total. The summed E-state index contributed by atoms with van der Waals surface area (Å²) in [5.41, 5.74) is 2.59. The third kappa shape index (κ3) is 5.18. The number of ether oxygens (including phenoxy) is 1. The van der Waals surface area contributed by atoms with Gasteiger partial charge in [-0.05, 0) is 37.1 Å². The van der Waals surface area contributed by atoms with Gasteiger partial charge in [0.25, 0.3) is 6.47 Å². The van der Waals surface area contributed by atoms with Gasteiger partial charge < -0.3 is 20.1 Å². The topological polar surface area (TPSA) is 119 Å². The highest BCUT2D eigenvalue weighted by Crippen LogP contribution is 2.36. The Bertz CT molecular complexity index is 790. The average molecular weight is 407 g/mol. The molecule has 0 radical (unpaired) electrons. The van der Waals surface area contributed by atoms with Crippen LogP contribution in [0.4, 0.5) is 4.39 Å². The number of carbonyl (C=O) groups is 1. The first-order valence-electron chi connectivity index (χ1n) is 9.55. The van der Waals surface area contributed by atoms with Crippen molar-refractivity contribution in [1.82, 2.24) is 15.1 Å². The molecule has 2 fully saturated rings. The van der Waals surface area contributed by atoms with Crippen LogP contribution in [0.25, 0.3) is 11.3 Å². The van der Waals surface area contributed by atoms with Gasteiger partial charge in [0.15, 0.2) is 0 Å². The number of aliphatic hydroxyl groups is 2. The molecule has 1 aromatic heterocycles. The van der Waals surface area contributed by atoms with E-state index < -0.39 is 12.2 Å². The number of nitrogens with one attached hydrogen (secondary N) is 1. The molecule has 29 heavy (non-hydrogen) atoms. The van der Waals surface area contributed by atoms with Crippen LogP contribution < -0.4 is 0 Å². The van der Waals surface area contributed by atoms with Crippen LogP contribution in [-0.2, 0) is 16.1 Å². The van der Waals surface area contributed by atoms with Crippen molar-refractivity contribution in [3.63, 3.8) is 0 Å². The number of nitrogens with zero attached hydrogens (tertiary/aromatic N) is 2. The number of carboxylic acid groups (broad SMARTS) is 1. The fraction of sp³-hybridized carbons (Fsp3) is 0.500. The molecule has 4 rings (SSSR count). The van der Waals surface area contributed by atoms with Crippen LogP contribution in [0.5, 0.6) is 0 Å². The number of hydrogen-bond donors (Lipinski definition) is 4. The summed E-state index contributed by atoms with van der Waals surface area (Å²) in [5.74, 6) is -0.254. The standard InChI is InChI=1S/C19H24FN3O3.CH2O2/c20-15-3-1-13(2-4-15)18-14(10-21-22-18)11-23-7-5-19(6-8-23)9-16(24)17(25)12-26-19;2-1-3/h1-4,10,16-17,24-25H,5-9,11-12H2,(H,21,22);1H,(H,2,3)/t16-,17+;/m1./s1. The van der Waals surface area contributed by atoms with E-state index >= 15 is 0 Å². The third-order valence-electron chi connectivity index (χ3n) is 5.60. The van der Waals surface area contributed by atoms with Crippen molar-refractivity contribution in [2.45, 2.75) is 43.6 Å². The molecule has 0 saturated carbocycles. The Morgan fingerprint density at radius 1 is 1.24 bits per heavy atom. The van der Waals surface area contributed by atoms with Gasteiger partial charge in [0, 0.05) is 37.2 Å². The Morgan fingerprint density at radius 2 is 1.90 bits per heavy atom. The minimum atomic E-state index is -0.775. The van der Waals surface area contributed by atoms with E-state index in [-0.39, 0.29) is 24.5 Å². The molecule has 2 saturated heterocycles. The monoisotopic (exact) mass is 407 g/mol. The summed E-state index contributed by atoms with van der Waals surface area (Å²) in [6, 6.07) is 6.40. The Morgan fingerprint density at radius 3 is 2.52 bits per heavy atom. The molecule has 2 atom stereocenters. The first-order chi connectivity index (χ1) is 14.0. The quantitative estimate of drug-likeness (QED) is 0.568. The smallest absolute Gasteiger partial charge is 0.290 e. The highest BCUT2D eigenvalue weighted by molar-refractivity contribution is 5.62. The summed E-state index contributed by atoms with van der Waals surface area (Å²) in [7, 11) is 0. The van der Waals surface area contributed by atoms with Crippen molar-refractivity contribution >= 4 is 6.47 Å². The number of aromatic nitrogens is 2. The number of H-pyrrole nitrogens is 1. The summed E-state index contributed by atoms with van der Waals surface area (Å²) >= 11 is 0. The highest BCUT2D eigenvalue weighted by atomic mass is 19.1. The molecule has 2 aliphatic heterocycles. The van der Waals surface area contributed by atoms with E-state index in [9.17, 15) is 14.6 Å². The van der Waals surface area contributed by atoms with Crippen LogP contribution in [0.2, 0.25) is 0 Å². The van der Waals surface area contributed by atoms with Crippen molar-refractivity contribution in [1.29, 1.82) is 0 Å². The summed E-state index contributed by atoms with van der Waals surface area (Å²) in [4.78, 5) is 10.7. The lowest BCUT2D eigenvalue weighted by Crippen LogP contribution is -2.54. The Kier molecular flexibility index (Phi) is 6.96. The molecule has 9 heteroatoms. The molecule has 0 unspecified atom stereocenters. The normalized spacial score (nSPS) is 24.0. The van der Waals surface area contributed by atoms with E-state index in [1.54, 1.807) is 12.1 Å². The molecule has 1 aromatic carbocycles. The van der Waals surface area contributed by atoms with Gasteiger partial charge in [-0.2, -0.15) is 5.10 Å². The lowest BCUT2D eigenvalue weighted by Gasteiger charge is -2.46. The van der Waals surface area contributed by atoms with Gasteiger partial charge >= 0.3 is 0 Å². The van der Waals surface area contributed by atoms with Crippen LogP contribution in [0.15, 0.2) is 30.5 Å². The van der Waals surface area contributed by atoms with E-state index in [1.165, 1.54) is 12.1 Å². The van der Waals surface area contributed by atoms with Crippen LogP contribution in [0, 0.1) is 5.82 Å². The molecule has 2 aliphatic rings. The number of aliphatic hydroxyl groups excluding tert-OH is 2. The Balaban J connectivity index is 0.000000755. The maximum atomic E-state index is 13.1. The minimum Gasteiger partial charge on any atom is -0.483 e. The Hall–Kier alpha value is -2.33. The predicted octanol–water partition coefficient (Wildman–Crippen LogP) is 1.39. The lowest BCUT2D eigenvalue weighted by atomic mass is 9.82. The predicted molar refractivity (Wildman–Crippen MR) is 102 cm³/mol. The number of hydrogen-bond acceptors (Lipinski definition) is 6. The molecule has 4 N–H and O–H groups in total. The summed E-state index contributed by atoms with van der Waals surface area (Å²) < 4.78 is 19.0. The zero-order chi connectivity index (χ0) is 20.9. The van der Waals surface area contributed by atoms with Crippen molar-refractivity contribution in [2.75, 3.05) is 19.7 Å². The molecule has 2 aromatic rings. The zero-order valence-corrected chi connectivity index (χ0v) is 16.0. The van der Waals surface area contributed by atoms with E-state index in [1.807, 2.05) is 6.20 Å². The number of rotatable bonds is 3. The molecule has 0 aliphatic carbocycles. The molecule has 3 heterocycles. The van der Waals surface area contributed by atoms with Gasteiger partial charge in [-0.3, -0.25) is 14.8 Å². The zero-order valence-electron chi connectivity index (χ0n) is 16.0. The first-order valence-corrected chi connectivity index (χ1v) is 9.55. The maximum absolute atomic E-state index is 13.1. The number of aromatic amines is 1. The lowest BCUT2D eigenvalue weighted by molar-refractivity contribution is -0.188. The van der Waals surface area contributed by atoms with Crippen molar-refractivity contribution < 1.29 is 29.2 Å². The number of likely N-dealkylation sites (tertiary alicyclic amines) is 1. The van der Waals surface area contributed by atoms with Gasteiger partial charge in [0.1, 0.15) is 11.9 Å². The highest BCUT2D eigenvalue weighted by Gasteiger charge is 2.42. The first kappa shape index (κ1) is 21.4. The van der Waals surface area contributed by atoms with E-state index in [0.717, 1.165) is 49.3 Å².